The third-order valence-electron chi connectivity index (χ3n) is 4.42. The van der Waals surface area contributed by atoms with Crippen molar-refractivity contribution in [2.24, 2.45) is 0 Å². The van der Waals surface area contributed by atoms with Crippen molar-refractivity contribution in [3.8, 4) is 16.9 Å². The first kappa shape index (κ1) is 15.3. The lowest BCUT2D eigenvalue weighted by molar-refractivity contribution is 0.794. The molecule has 2 aromatic heterocycles. The second-order valence-corrected chi connectivity index (χ2v) is 6.12. The van der Waals surface area contributed by atoms with Gasteiger partial charge in [-0.25, -0.2) is 4.98 Å². The van der Waals surface area contributed by atoms with Crippen molar-refractivity contribution in [2.45, 2.75) is 13.8 Å². The van der Waals surface area contributed by atoms with Gasteiger partial charge in [0.15, 0.2) is 5.82 Å². The average molecular weight is 327 g/mol. The molecule has 0 bridgehead atoms. The molecule has 4 heteroatoms. The van der Waals surface area contributed by atoms with Crippen LogP contribution in [0.2, 0.25) is 0 Å². The quantitative estimate of drug-likeness (QED) is 0.558. The van der Waals surface area contributed by atoms with Crippen LogP contribution in [0.3, 0.4) is 0 Å². The van der Waals surface area contributed by atoms with E-state index in [4.69, 9.17) is 0 Å². The minimum atomic E-state index is -0.163. The molecule has 0 aliphatic carbocycles. The van der Waals surface area contributed by atoms with Crippen LogP contribution >= 0.6 is 0 Å². The Morgan fingerprint density at radius 2 is 1.72 bits per heavy atom. The zero-order valence-electron chi connectivity index (χ0n) is 14.1. The summed E-state index contributed by atoms with van der Waals surface area (Å²) >= 11 is 0. The molecule has 122 valence electrons. The largest absolute Gasteiger partial charge is 0.280 e. The second-order valence-electron chi connectivity index (χ2n) is 6.12. The summed E-state index contributed by atoms with van der Waals surface area (Å²) in [7, 11) is 0. The van der Waals surface area contributed by atoms with Crippen LogP contribution in [0.4, 0.5) is 0 Å². The minimum absolute atomic E-state index is 0.163. The molecule has 0 amide bonds. The van der Waals surface area contributed by atoms with E-state index in [1.54, 1.807) is 18.5 Å². The first-order chi connectivity index (χ1) is 12.1. The first-order valence-electron chi connectivity index (χ1n) is 8.15. The van der Waals surface area contributed by atoms with E-state index in [0.29, 0.717) is 11.2 Å². The van der Waals surface area contributed by atoms with Gasteiger partial charge in [0.05, 0.1) is 11.6 Å². The van der Waals surface area contributed by atoms with Crippen LogP contribution in [-0.2, 0) is 0 Å². The SMILES string of the molecule is Cc1cccc(C)c1-c1ccc2c(=O)n(-c3ccccn3)ncc2c1. The number of nitrogens with zero attached hydrogens (tertiary/aromatic N) is 3. The Balaban J connectivity index is 1.91. The molecule has 4 rings (SSSR count). The van der Waals surface area contributed by atoms with Crippen LogP contribution in [0.25, 0.3) is 27.7 Å². The lowest BCUT2D eigenvalue weighted by Crippen LogP contribution is -2.21. The zero-order chi connectivity index (χ0) is 17.4. The van der Waals surface area contributed by atoms with Crippen LogP contribution in [0, 0.1) is 13.8 Å². The third kappa shape index (κ3) is 2.62. The Hall–Kier alpha value is -3.27. The smallest absolute Gasteiger partial charge is 0.267 e. The van der Waals surface area contributed by atoms with E-state index in [0.717, 1.165) is 10.9 Å². The fourth-order valence-corrected chi connectivity index (χ4v) is 3.22. The lowest BCUT2D eigenvalue weighted by Gasteiger charge is -2.11. The lowest BCUT2D eigenvalue weighted by atomic mass is 9.94. The highest BCUT2D eigenvalue weighted by atomic mass is 16.1. The first-order valence-corrected chi connectivity index (χ1v) is 8.15. The maximum absolute atomic E-state index is 12.8. The summed E-state index contributed by atoms with van der Waals surface area (Å²) in [5.74, 6) is 0.522. The molecule has 0 aliphatic heterocycles. The van der Waals surface area contributed by atoms with Crippen molar-refractivity contribution in [2.75, 3.05) is 0 Å². The normalized spacial score (nSPS) is 11.0. The summed E-state index contributed by atoms with van der Waals surface area (Å²) in [6, 6.07) is 17.6. The second kappa shape index (κ2) is 5.98. The van der Waals surface area contributed by atoms with Crippen molar-refractivity contribution in [1.29, 1.82) is 0 Å². The monoisotopic (exact) mass is 327 g/mol. The van der Waals surface area contributed by atoms with E-state index in [1.165, 1.54) is 21.4 Å². The van der Waals surface area contributed by atoms with Crippen LogP contribution in [-0.4, -0.2) is 14.8 Å². The van der Waals surface area contributed by atoms with Crippen molar-refractivity contribution in [3.05, 3.63) is 88.5 Å². The van der Waals surface area contributed by atoms with E-state index in [9.17, 15) is 4.79 Å². The van der Waals surface area contributed by atoms with Crippen LogP contribution < -0.4 is 5.56 Å². The topological polar surface area (TPSA) is 47.8 Å². The van der Waals surface area contributed by atoms with Crippen LogP contribution in [0.15, 0.2) is 71.8 Å². The summed E-state index contributed by atoms with van der Waals surface area (Å²) in [4.78, 5) is 17.0. The number of aromatic nitrogens is 3. The highest BCUT2D eigenvalue weighted by Crippen LogP contribution is 2.28. The van der Waals surface area contributed by atoms with Gasteiger partial charge >= 0.3 is 0 Å². The van der Waals surface area contributed by atoms with Crippen molar-refractivity contribution >= 4 is 10.8 Å². The molecule has 4 aromatic rings. The fraction of sp³-hybridized carbons (Fsp3) is 0.0952. The number of benzene rings is 2. The number of hydrogen-bond acceptors (Lipinski definition) is 3. The summed E-state index contributed by atoms with van der Waals surface area (Å²) < 4.78 is 1.33. The van der Waals surface area contributed by atoms with Gasteiger partial charge < -0.3 is 0 Å². The molecule has 4 nitrogen and oxygen atoms in total. The number of pyridine rings is 1. The summed E-state index contributed by atoms with van der Waals surface area (Å²) in [6.45, 7) is 4.20. The van der Waals surface area contributed by atoms with E-state index < -0.39 is 0 Å². The third-order valence-corrected chi connectivity index (χ3v) is 4.42. The Morgan fingerprint density at radius 3 is 2.44 bits per heavy atom. The molecule has 2 aromatic carbocycles. The molecule has 0 radical (unpaired) electrons. The summed E-state index contributed by atoms with van der Waals surface area (Å²) in [5.41, 5.74) is 4.57. The highest BCUT2D eigenvalue weighted by molar-refractivity contribution is 5.87. The maximum Gasteiger partial charge on any atom is 0.280 e. The van der Waals surface area contributed by atoms with Gasteiger partial charge in [-0.3, -0.25) is 4.79 Å². The van der Waals surface area contributed by atoms with Gasteiger partial charge in [-0.1, -0.05) is 30.3 Å². The van der Waals surface area contributed by atoms with Crippen LogP contribution in [0.5, 0.6) is 0 Å². The Kier molecular flexibility index (Phi) is 3.65. The fourth-order valence-electron chi connectivity index (χ4n) is 3.22. The zero-order valence-corrected chi connectivity index (χ0v) is 14.1. The van der Waals surface area contributed by atoms with Crippen molar-refractivity contribution < 1.29 is 0 Å². The van der Waals surface area contributed by atoms with Gasteiger partial charge in [-0.05, 0) is 60.4 Å². The predicted octanol–water partition coefficient (Wildman–Crippen LogP) is 4.06. The molecule has 0 saturated heterocycles. The summed E-state index contributed by atoms with van der Waals surface area (Å²) in [5, 5.41) is 5.76. The van der Waals surface area contributed by atoms with Gasteiger partial charge in [0.25, 0.3) is 5.56 Å². The van der Waals surface area contributed by atoms with E-state index in [2.05, 4.69) is 42.1 Å². The van der Waals surface area contributed by atoms with E-state index >= 15 is 0 Å². The molecular formula is C21H17N3O. The minimum Gasteiger partial charge on any atom is -0.267 e. The van der Waals surface area contributed by atoms with Gasteiger partial charge in [0.2, 0.25) is 0 Å². The molecule has 0 fully saturated rings. The van der Waals surface area contributed by atoms with Gasteiger partial charge in [0, 0.05) is 11.6 Å². The standard InChI is InChI=1S/C21H17N3O/c1-14-6-5-7-15(2)20(14)16-9-10-18-17(12-16)13-23-24(21(18)25)19-8-3-4-11-22-19/h3-13H,1-2H3. The molecule has 2 heterocycles. The van der Waals surface area contributed by atoms with E-state index in [1.807, 2.05) is 30.3 Å². The number of aryl methyl sites for hydroxylation is 2. The maximum atomic E-state index is 12.8. The Labute approximate surface area is 145 Å². The van der Waals surface area contributed by atoms with Crippen molar-refractivity contribution in [1.82, 2.24) is 14.8 Å². The molecule has 25 heavy (non-hydrogen) atoms. The molecule has 0 spiro atoms. The van der Waals surface area contributed by atoms with Crippen molar-refractivity contribution in [3.63, 3.8) is 0 Å². The highest BCUT2D eigenvalue weighted by Gasteiger charge is 2.10. The number of fused-ring (bicyclic) bond motifs is 1. The predicted molar refractivity (Wildman–Crippen MR) is 100 cm³/mol. The van der Waals surface area contributed by atoms with Crippen LogP contribution in [0.1, 0.15) is 11.1 Å². The Morgan fingerprint density at radius 1 is 0.920 bits per heavy atom. The molecule has 0 unspecified atom stereocenters. The van der Waals surface area contributed by atoms with Gasteiger partial charge in [-0.15, -0.1) is 0 Å². The molecular weight excluding hydrogens is 310 g/mol. The van der Waals surface area contributed by atoms with E-state index in [-0.39, 0.29) is 5.56 Å². The number of rotatable bonds is 2. The van der Waals surface area contributed by atoms with Gasteiger partial charge in [0.1, 0.15) is 0 Å². The molecule has 0 N–H and O–H groups in total. The summed E-state index contributed by atoms with van der Waals surface area (Å²) in [6.07, 6.45) is 3.38. The average Bonchev–Trinajstić information content (AvgIpc) is 2.62. The molecule has 0 aliphatic rings. The molecule has 0 saturated carbocycles. The van der Waals surface area contributed by atoms with Gasteiger partial charge in [-0.2, -0.15) is 9.78 Å². The Bertz CT molecular complexity index is 1110. The number of hydrogen-bond donors (Lipinski definition) is 0. The molecule has 0 atom stereocenters.